The van der Waals surface area contributed by atoms with Crippen molar-refractivity contribution in [3.63, 3.8) is 0 Å². The Morgan fingerprint density at radius 2 is 1.62 bits per heavy atom. The molecule has 0 atom stereocenters. The normalized spacial score (nSPS) is 14.5. The maximum Gasteiger partial charge on any atom is 0.306 e. The Kier molecular flexibility index (Phi) is 5.83. The van der Waals surface area contributed by atoms with Gasteiger partial charge in [0.25, 0.3) is 5.91 Å². The third-order valence-electron chi connectivity index (χ3n) is 3.86. The highest BCUT2D eigenvalue weighted by Gasteiger charge is 2.25. The van der Waals surface area contributed by atoms with Crippen LogP contribution in [0.15, 0.2) is 18.2 Å². The molecule has 1 aliphatic rings. The van der Waals surface area contributed by atoms with Crippen LogP contribution < -0.4 is 0 Å². The number of rotatable bonds is 4. The summed E-state index contributed by atoms with van der Waals surface area (Å²) < 4.78 is 30.6. The van der Waals surface area contributed by atoms with Gasteiger partial charge in [-0.1, -0.05) is 0 Å². The molecule has 1 aromatic rings. The number of nitrogens with zero attached hydrogens (tertiary/aromatic N) is 2. The molecule has 2 rings (SSSR count). The number of hydrogen-bond donors (Lipinski definition) is 0. The third-order valence-corrected chi connectivity index (χ3v) is 3.86. The summed E-state index contributed by atoms with van der Waals surface area (Å²) in [5.74, 6) is -3.11. The van der Waals surface area contributed by atoms with E-state index < -0.39 is 23.5 Å². The Labute approximate surface area is 138 Å². The molecule has 1 heterocycles. The van der Waals surface area contributed by atoms with Crippen LogP contribution in [0.1, 0.15) is 23.2 Å². The highest BCUT2D eigenvalue weighted by Crippen LogP contribution is 2.13. The number of carbonyl (C=O) groups excluding carboxylic acids is 3. The maximum atomic E-state index is 13.2. The molecule has 0 saturated carbocycles. The van der Waals surface area contributed by atoms with Gasteiger partial charge < -0.3 is 14.5 Å². The predicted molar refractivity (Wildman–Crippen MR) is 80.1 cm³/mol. The number of halogens is 2. The number of piperazine rings is 1. The molecule has 0 unspecified atom stereocenters. The summed E-state index contributed by atoms with van der Waals surface area (Å²) in [5.41, 5.74) is 0.0689. The van der Waals surface area contributed by atoms with E-state index in [0.29, 0.717) is 26.2 Å². The minimum Gasteiger partial charge on any atom is -0.469 e. The van der Waals surface area contributed by atoms with Gasteiger partial charge in [0.2, 0.25) is 5.91 Å². The second-order valence-corrected chi connectivity index (χ2v) is 5.38. The van der Waals surface area contributed by atoms with Crippen LogP contribution in [0.2, 0.25) is 0 Å². The van der Waals surface area contributed by atoms with Gasteiger partial charge in [0.15, 0.2) is 11.6 Å². The summed E-state index contributed by atoms with van der Waals surface area (Å²) in [6, 6.07) is 3.01. The molecule has 0 aromatic heterocycles. The van der Waals surface area contributed by atoms with Crippen LogP contribution in [0, 0.1) is 11.6 Å². The molecule has 2 amide bonds. The van der Waals surface area contributed by atoms with Gasteiger partial charge in [-0.2, -0.15) is 0 Å². The van der Waals surface area contributed by atoms with Crippen molar-refractivity contribution in [1.29, 1.82) is 0 Å². The molecule has 24 heavy (non-hydrogen) atoms. The second kappa shape index (κ2) is 7.85. The van der Waals surface area contributed by atoms with Crippen molar-refractivity contribution < 1.29 is 27.9 Å². The molecular weight excluding hydrogens is 322 g/mol. The molecule has 8 heteroatoms. The third kappa shape index (κ3) is 4.27. The minimum absolute atomic E-state index is 0.0172. The van der Waals surface area contributed by atoms with Crippen molar-refractivity contribution in [2.75, 3.05) is 33.3 Å². The highest BCUT2D eigenvalue weighted by molar-refractivity contribution is 5.94. The maximum absolute atomic E-state index is 13.2. The number of hydrogen-bond acceptors (Lipinski definition) is 4. The first kappa shape index (κ1) is 17.8. The molecule has 6 nitrogen and oxygen atoms in total. The fraction of sp³-hybridized carbons (Fsp3) is 0.438. The second-order valence-electron chi connectivity index (χ2n) is 5.38. The van der Waals surface area contributed by atoms with Gasteiger partial charge in [-0.25, -0.2) is 8.78 Å². The van der Waals surface area contributed by atoms with Crippen molar-refractivity contribution in [2.45, 2.75) is 12.8 Å². The van der Waals surface area contributed by atoms with Crippen molar-refractivity contribution in [1.82, 2.24) is 9.80 Å². The van der Waals surface area contributed by atoms with Gasteiger partial charge in [0, 0.05) is 38.2 Å². The van der Waals surface area contributed by atoms with Crippen LogP contribution >= 0.6 is 0 Å². The summed E-state index contributed by atoms with van der Waals surface area (Å²) in [6.07, 6.45) is 0.0765. The van der Waals surface area contributed by atoms with Crippen molar-refractivity contribution in [2.24, 2.45) is 0 Å². The lowest BCUT2D eigenvalue weighted by molar-refractivity contribution is -0.143. The van der Waals surface area contributed by atoms with E-state index in [4.69, 9.17) is 0 Å². The van der Waals surface area contributed by atoms with Gasteiger partial charge in [0.1, 0.15) is 0 Å². The lowest BCUT2D eigenvalue weighted by Crippen LogP contribution is -2.50. The van der Waals surface area contributed by atoms with E-state index in [9.17, 15) is 23.2 Å². The first-order chi connectivity index (χ1) is 11.4. The number of benzene rings is 1. The van der Waals surface area contributed by atoms with E-state index in [1.54, 1.807) is 4.90 Å². The SMILES string of the molecule is COC(=O)CCC(=O)N1CCN(C(=O)c2ccc(F)c(F)c2)CC1. The molecule has 0 N–H and O–H groups in total. The molecule has 0 aliphatic carbocycles. The molecule has 130 valence electrons. The highest BCUT2D eigenvalue weighted by atomic mass is 19.2. The first-order valence-electron chi connectivity index (χ1n) is 7.51. The quantitative estimate of drug-likeness (QED) is 0.773. The van der Waals surface area contributed by atoms with E-state index in [0.717, 1.165) is 12.1 Å². The monoisotopic (exact) mass is 340 g/mol. The average molecular weight is 340 g/mol. The van der Waals surface area contributed by atoms with E-state index in [1.165, 1.54) is 18.1 Å². The standard InChI is InChI=1S/C16H18F2N2O4/c1-24-15(22)5-4-14(21)19-6-8-20(9-7-19)16(23)11-2-3-12(17)13(18)10-11/h2-3,10H,4-9H2,1H3. The Bertz CT molecular complexity index is 643. The number of esters is 1. The summed E-state index contributed by atoms with van der Waals surface area (Å²) >= 11 is 0. The molecule has 1 saturated heterocycles. The van der Waals surface area contributed by atoms with Crippen LogP contribution in [0.25, 0.3) is 0 Å². The van der Waals surface area contributed by atoms with Crippen LogP contribution in [0.3, 0.4) is 0 Å². The number of methoxy groups -OCH3 is 1. The summed E-state index contributed by atoms with van der Waals surface area (Å²) in [7, 11) is 1.26. The fourth-order valence-corrected chi connectivity index (χ4v) is 2.44. The van der Waals surface area contributed by atoms with Crippen LogP contribution in [-0.2, 0) is 14.3 Å². The molecule has 0 spiro atoms. The lowest BCUT2D eigenvalue weighted by Gasteiger charge is -2.34. The van der Waals surface area contributed by atoms with E-state index in [1.807, 2.05) is 0 Å². The predicted octanol–water partition coefficient (Wildman–Crippen LogP) is 1.20. The minimum atomic E-state index is -1.07. The van der Waals surface area contributed by atoms with Gasteiger partial charge in [0.05, 0.1) is 13.5 Å². The molecule has 0 radical (unpaired) electrons. The zero-order valence-corrected chi connectivity index (χ0v) is 13.3. The van der Waals surface area contributed by atoms with Gasteiger partial charge in [-0.05, 0) is 18.2 Å². The zero-order valence-electron chi connectivity index (χ0n) is 13.3. The van der Waals surface area contributed by atoms with Crippen LogP contribution in [0.5, 0.6) is 0 Å². The molecule has 1 aliphatic heterocycles. The van der Waals surface area contributed by atoms with Crippen molar-refractivity contribution >= 4 is 17.8 Å². The van der Waals surface area contributed by atoms with Crippen LogP contribution in [0.4, 0.5) is 8.78 Å². The molecular formula is C16H18F2N2O4. The number of amides is 2. The Hall–Kier alpha value is -2.51. The number of carbonyl (C=O) groups is 3. The Balaban J connectivity index is 1.87. The topological polar surface area (TPSA) is 66.9 Å². The largest absolute Gasteiger partial charge is 0.469 e. The summed E-state index contributed by atoms with van der Waals surface area (Å²) in [5, 5.41) is 0. The molecule has 1 aromatic carbocycles. The average Bonchev–Trinajstić information content (AvgIpc) is 2.61. The smallest absolute Gasteiger partial charge is 0.306 e. The fourth-order valence-electron chi connectivity index (χ4n) is 2.44. The zero-order chi connectivity index (χ0) is 17.7. The van der Waals surface area contributed by atoms with E-state index in [-0.39, 0.29) is 24.3 Å². The van der Waals surface area contributed by atoms with E-state index >= 15 is 0 Å². The summed E-state index contributed by atoms with van der Waals surface area (Å²) in [4.78, 5) is 38.3. The van der Waals surface area contributed by atoms with Gasteiger partial charge >= 0.3 is 5.97 Å². The first-order valence-corrected chi connectivity index (χ1v) is 7.51. The Morgan fingerprint density at radius 1 is 1.00 bits per heavy atom. The van der Waals surface area contributed by atoms with Crippen LogP contribution in [-0.4, -0.2) is 60.9 Å². The number of ether oxygens (including phenoxy) is 1. The summed E-state index contributed by atoms with van der Waals surface area (Å²) in [6.45, 7) is 1.24. The van der Waals surface area contributed by atoms with Gasteiger partial charge in [-0.15, -0.1) is 0 Å². The lowest BCUT2D eigenvalue weighted by atomic mass is 10.1. The van der Waals surface area contributed by atoms with Gasteiger partial charge in [-0.3, -0.25) is 14.4 Å². The molecule has 0 bridgehead atoms. The Morgan fingerprint density at radius 3 is 2.21 bits per heavy atom. The van der Waals surface area contributed by atoms with Crippen molar-refractivity contribution in [3.05, 3.63) is 35.4 Å². The van der Waals surface area contributed by atoms with Crippen molar-refractivity contribution in [3.8, 4) is 0 Å². The van der Waals surface area contributed by atoms with E-state index in [2.05, 4.69) is 4.74 Å². The molecule has 1 fully saturated rings.